The molecule has 2 aromatic rings. The quantitative estimate of drug-likeness (QED) is 0.802. The monoisotopic (exact) mass is 295 g/mol. The van der Waals surface area contributed by atoms with E-state index in [0.717, 1.165) is 42.8 Å². The number of halogens is 1. The average molecular weight is 296 g/mol. The van der Waals surface area contributed by atoms with Crippen LogP contribution in [0.25, 0.3) is 11.0 Å². The van der Waals surface area contributed by atoms with Crippen LogP contribution in [0.4, 0.5) is 5.82 Å². The zero-order valence-corrected chi connectivity index (χ0v) is 12.3. The summed E-state index contributed by atoms with van der Waals surface area (Å²) in [4.78, 5) is 11.0. The van der Waals surface area contributed by atoms with Gasteiger partial charge in [0.2, 0.25) is 0 Å². The minimum atomic E-state index is 0.316. The lowest BCUT2D eigenvalue weighted by atomic mass is 10.1. The van der Waals surface area contributed by atoms with Crippen LogP contribution in [-0.4, -0.2) is 51.4 Å². The summed E-state index contributed by atoms with van der Waals surface area (Å²) >= 11 is 5.65. The van der Waals surface area contributed by atoms with E-state index in [1.54, 1.807) is 11.0 Å². The third-order valence-corrected chi connectivity index (χ3v) is 3.83. The van der Waals surface area contributed by atoms with Crippen LogP contribution in [0.1, 0.15) is 12.8 Å². The molecule has 0 amide bonds. The van der Waals surface area contributed by atoms with E-state index < -0.39 is 0 Å². The molecule has 3 rings (SSSR count). The lowest BCUT2D eigenvalue weighted by Crippen LogP contribution is -2.37. The van der Waals surface area contributed by atoms with Gasteiger partial charge >= 0.3 is 0 Å². The van der Waals surface area contributed by atoms with E-state index in [1.807, 2.05) is 13.2 Å². The molecule has 0 aromatic carbocycles. The number of aromatic nitrogens is 4. The molecule has 2 aromatic heterocycles. The molecule has 108 valence electrons. The van der Waals surface area contributed by atoms with Gasteiger partial charge in [0.25, 0.3) is 0 Å². The number of piperidine rings is 1. The number of anilines is 1. The number of alkyl halides is 1. The van der Waals surface area contributed by atoms with E-state index in [4.69, 9.17) is 16.3 Å². The van der Waals surface area contributed by atoms with Crippen LogP contribution in [0.15, 0.2) is 12.5 Å². The molecule has 7 heteroatoms. The zero-order chi connectivity index (χ0) is 13.9. The first kappa shape index (κ1) is 13.6. The van der Waals surface area contributed by atoms with Crippen molar-refractivity contribution < 1.29 is 4.74 Å². The molecule has 3 heterocycles. The topological polar surface area (TPSA) is 56.1 Å². The van der Waals surface area contributed by atoms with Crippen LogP contribution in [0.3, 0.4) is 0 Å². The van der Waals surface area contributed by atoms with Crippen LogP contribution < -0.4 is 4.90 Å². The van der Waals surface area contributed by atoms with Crippen molar-refractivity contribution in [3.05, 3.63) is 12.5 Å². The first-order chi connectivity index (χ1) is 9.79. The first-order valence-electron chi connectivity index (χ1n) is 6.85. The number of aryl methyl sites for hydroxylation is 1. The fourth-order valence-corrected chi connectivity index (χ4v) is 2.74. The number of hydrogen-bond acceptors (Lipinski definition) is 5. The molecule has 0 radical (unpaired) electrons. The van der Waals surface area contributed by atoms with Crippen molar-refractivity contribution in [2.45, 2.75) is 18.9 Å². The van der Waals surface area contributed by atoms with Crippen LogP contribution in [0.2, 0.25) is 0 Å². The second-order valence-corrected chi connectivity index (χ2v) is 5.33. The molecule has 0 aliphatic carbocycles. The predicted octanol–water partition coefficient (Wildman–Crippen LogP) is 1.59. The lowest BCUT2D eigenvalue weighted by molar-refractivity contribution is 0.0471. The van der Waals surface area contributed by atoms with E-state index in [9.17, 15) is 0 Å². The SMILES string of the molecule is Cn1ncc2c(N3CCC(OCCCl)CC3)ncnc21. The van der Waals surface area contributed by atoms with Crippen molar-refractivity contribution in [3.63, 3.8) is 0 Å². The Hall–Kier alpha value is -1.40. The van der Waals surface area contributed by atoms with Gasteiger partial charge in [-0.25, -0.2) is 9.97 Å². The molecule has 20 heavy (non-hydrogen) atoms. The molecule has 1 aliphatic rings. The van der Waals surface area contributed by atoms with Gasteiger partial charge in [-0.1, -0.05) is 0 Å². The summed E-state index contributed by atoms with van der Waals surface area (Å²) < 4.78 is 7.47. The minimum absolute atomic E-state index is 0.316. The molecule has 0 atom stereocenters. The van der Waals surface area contributed by atoms with Gasteiger partial charge in [0.15, 0.2) is 5.65 Å². The highest BCUT2D eigenvalue weighted by atomic mass is 35.5. The standard InChI is InChI=1S/C13H18ClN5O/c1-18-12-11(8-17-18)13(16-9-15-12)19-5-2-10(3-6-19)20-7-4-14/h8-10H,2-7H2,1H3. The number of ether oxygens (including phenoxy) is 1. The highest BCUT2D eigenvalue weighted by Gasteiger charge is 2.22. The van der Waals surface area contributed by atoms with Gasteiger partial charge in [-0.15, -0.1) is 11.6 Å². The van der Waals surface area contributed by atoms with Crippen molar-refractivity contribution in [1.82, 2.24) is 19.7 Å². The van der Waals surface area contributed by atoms with Crippen molar-refractivity contribution >= 4 is 28.5 Å². The lowest BCUT2D eigenvalue weighted by Gasteiger charge is -2.32. The molecule has 0 saturated carbocycles. The molecule has 1 fully saturated rings. The summed E-state index contributed by atoms with van der Waals surface area (Å²) in [7, 11) is 1.89. The normalized spacial score (nSPS) is 17.0. The van der Waals surface area contributed by atoms with Crippen LogP contribution in [0, 0.1) is 0 Å². The van der Waals surface area contributed by atoms with E-state index in [-0.39, 0.29) is 0 Å². The van der Waals surface area contributed by atoms with Gasteiger partial charge < -0.3 is 9.64 Å². The number of rotatable bonds is 4. The fourth-order valence-electron chi connectivity index (χ4n) is 2.65. The number of hydrogen-bond donors (Lipinski definition) is 0. The van der Waals surface area contributed by atoms with Gasteiger partial charge in [-0.05, 0) is 12.8 Å². The Kier molecular flexibility index (Phi) is 4.03. The minimum Gasteiger partial charge on any atom is -0.377 e. The van der Waals surface area contributed by atoms with Gasteiger partial charge in [-0.2, -0.15) is 5.10 Å². The van der Waals surface area contributed by atoms with E-state index in [0.29, 0.717) is 18.6 Å². The maximum absolute atomic E-state index is 5.70. The first-order valence-corrected chi connectivity index (χ1v) is 7.38. The van der Waals surface area contributed by atoms with Crippen LogP contribution in [-0.2, 0) is 11.8 Å². The van der Waals surface area contributed by atoms with Gasteiger partial charge in [0.1, 0.15) is 12.1 Å². The summed E-state index contributed by atoms with van der Waals surface area (Å²) in [6.45, 7) is 2.51. The maximum Gasteiger partial charge on any atom is 0.163 e. The summed E-state index contributed by atoms with van der Waals surface area (Å²) in [6.07, 6.45) is 5.76. The second kappa shape index (κ2) is 5.93. The van der Waals surface area contributed by atoms with E-state index >= 15 is 0 Å². The van der Waals surface area contributed by atoms with E-state index in [2.05, 4.69) is 20.0 Å². The maximum atomic E-state index is 5.70. The van der Waals surface area contributed by atoms with Gasteiger partial charge in [0.05, 0.1) is 24.3 Å². The van der Waals surface area contributed by atoms with Crippen molar-refractivity contribution in [3.8, 4) is 0 Å². The molecular weight excluding hydrogens is 278 g/mol. The molecule has 0 spiro atoms. The Morgan fingerprint density at radius 2 is 2.15 bits per heavy atom. The highest BCUT2D eigenvalue weighted by molar-refractivity contribution is 6.17. The van der Waals surface area contributed by atoms with Crippen LogP contribution >= 0.6 is 11.6 Å². The number of nitrogens with zero attached hydrogens (tertiary/aromatic N) is 5. The molecule has 1 saturated heterocycles. The Balaban J connectivity index is 1.73. The third kappa shape index (κ3) is 2.58. The molecule has 6 nitrogen and oxygen atoms in total. The Morgan fingerprint density at radius 3 is 2.90 bits per heavy atom. The summed E-state index contributed by atoms with van der Waals surface area (Å²) in [5.41, 5.74) is 0.871. The summed E-state index contributed by atoms with van der Waals surface area (Å²) in [6, 6.07) is 0. The Bertz CT molecular complexity index is 579. The molecular formula is C13H18ClN5O. The van der Waals surface area contributed by atoms with Gasteiger partial charge in [-0.3, -0.25) is 4.68 Å². The fraction of sp³-hybridized carbons (Fsp3) is 0.615. The van der Waals surface area contributed by atoms with Crippen molar-refractivity contribution in [1.29, 1.82) is 0 Å². The zero-order valence-electron chi connectivity index (χ0n) is 11.5. The van der Waals surface area contributed by atoms with Crippen molar-refractivity contribution in [2.24, 2.45) is 7.05 Å². The molecule has 1 aliphatic heterocycles. The molecule has 0 N–H and O–H groups in total. The summed E-state index contributed by atoms with van der Waals surface area (Å²) in [5, 5.41) is 5.26. The largest absolute Gasteiger partial charge is 0.377 e. The van der Waals surface area contributed by atoms with Gasteiger partial charge in [0, 0.05) is 26.0 Å². The van der Waals surface area contributed by atoms with Crippen LogP contribution in [0.5, 0.6) is 0 Å². The second-order valence-electron chi connectivity index (χ2n) is 4.95. The van der Waals surface area contributed by atoms with Crippen molar-refractivity contribution in [2.75, 3.05) is 30.5 Å². The summed E-state index contributed by atoms with van der Waals surface area (Å²) in [5.74, 6) is 1.53. The smallest absolute Gasteiger partial charge is 0.163 e. The third-order valence-electron chi connectivity index (χ3n) is 3.68. The average Bonchev–Trinajstić information content (AvgIpc) is 2.87. The molecule has 0 unspecified atom stereocenters. The highest BCUT2D eigenvalue weighted by Crippen LogP contribution is 2.25. The molecule has 0 bridgehead atoms. The Morgan fingerprint density at radius 1 is 1.35 bits per heavy atom. The predicted molar refractivity (Wildman–Crippen MR) is 78.2 cm³/mol. The number of fused-ring (bicyclic) bond motifs is 1. The van der Waals surface area contributed by atoms with E-state index in [1.165, 1.54) is 0 Å². The Labute approximate surface area is 122 Å².